The average molecular weight is 318 g/mol. The predicted octanol–water partition coefficient (Wildman–Crippen LogP) is 4.09. The molecule has 1 amide bonds. The molecule has 0 aliphatic carbocycles. The molecule has 2 aromatic rings. The van der Waals surface area contributed by atoms with Gasteiger partial charge in [0.2, 0.25) is 0 Å². The summed E-state index contributed by atoms with van der Waals surface area (Å²) >= 11 is 1.36. The molecule has 0 aromatic heterocycles. The van der Waals surface area contributed by atoms with Gasteiger partial charge in [0.15, 0.2) is 0 Å². The maximum atomic E-state index is 14.2. The van der Waals surface area contributed by atoms with Crippen molar-refractivity contribution in [3.63, 3.8) is 0 Å². The van der Waals surface area contributed by atoms with Crippen molar-refractivity contribution in [3.05, 3.63) is 59.4 Å². The summed E-state index contributed by atoms with van der Waals surface area (Å²) in [5.41, 5.74) is 4.76. The molecule has 0 heterocycles. The van der Waals surface area contributed by atoms with Crippen LogP contribution in [0.5, 0.6) is 0 Å². The van der Waals surface area contributed by atoms with Crippen molar-refractivity contribution in [2.24, 2.45) is 0 Å². The van der Waals surface area contributed by atoms with Crippen molar-refractivity contribution in [2.75, 3.05) is 0 Å². The summed E-state index contributed by atoms with van der Waals surface area (Å²) in [6.07, 6.45) is 0. The molecule has 0 aliphatic heterocycles. The molecule has 0 saturated carbocycles. The Morgan fingerprint density at radius 3 is 2.45 bits per heavy atom. The first-order valence-electron chi connectivity index (χ1n) is 7.05. The number of hydrogen-bond acceptors (Lipinski definition) is 3. The van der Waals surface area contributed by atoms with Gasteiger partial charge in [0, 0.05) is 5.25 Å². The quantitative estimate of drug-likeness (QED) is 0.644. The molecule has 0 bridgehead atoms. The van der Waals surface area contributed by atoms with E-state index < -0.39 is 11.7 Å². The van der Waals surface area contributed by atoms with Gasteiger partial charge < -0.3 is 0 Å². The number of carbonyl (C=O) groups is 1. The fraction of sp³-hybridized carbons (Fsp3) is 0.235. The van der Waals surface area contributed by atoms with Gasteiger partial charge in [-0.2, -0.15) is 4.83 Å². The van der Waals surface area contributed by atoms with Crippen molar-refractivity contribution in [1.29, 1.82) is 0 Å². The van der Waals surface area contributed by atoms with Crippen LogP contribution in [0.25, 0.3) is 11.1 Å². The Morgan fingerprint density at radius 2 is 1.82 bits per heavy atom. The van der Waals surface area contributed by atoms with Gasteiger partial charge in [0.05, 0.1) is 5.56 Å². The zero-order valence-electron chi connectivity index (χ0n) is 12.8. The third kappa shape index (κ3) is 4.08. The van der Waals surface area contributed by atoms with E-state index in [0.717, 1.165) is 11.1 Å². The zero-order chi connectivity index (χ0) is 16.1. The molecular weight excluding hydrogens is 299 g/mol. The molecule has 2 N–H and O–H groups in total. The lowest BCUT2D eigenvalue weighted by atomic mass is 9.99. The highest BCUT2D eigenvalue weighted by molar-refractivity contribution is 7.97. The van der Waals surface area contributed by atoms with E-state index in [4.69, 9.17) is 0 Å². The van der Waals surface area contributed by atoms with E-state index in [1.807, 2.05) is 44.2 Å². The second-order valence-corrected chi connectivity index (χ2v) is 6.63. The van der Waals surface area contributed by atoms with Crippen molar-refractivity contribution in [3.8, 4) is 11.1 Å². The molecule has 2 rings (SSSR count). The Kier molecular flexibility index (Phi) is 5.57. The van der Waals surface area contributed by atoms with E-state index in [2.05, 4.69) is 10.3 Å². The summed E-state index contributed by atoms with van der Waals surface area (Å²) in [4.78, 5) is 14.9. The first-order chi connectivity index (χ1) is 10.5. The summed E-state index contributed by atoms with van der Waals surface area (Å²) in [6, 6.07) is 12.9. The normalized spacial score (nSPS) is 10.8. The van der Waals surface area contributed by atoms with E-state index in [9.17, 15) is 9.18 Å². The molecule has 0 spiro atoms. The Balaban J connectivity index is 2.27. The van der Waals surface area contributed by atoms with E-state index in [-0.39, 0.29) is 5.56 Å². The summed E-state index contributed by atoms with van der Waals surface area (Å²) in [6.45, 7) is 5.64. The van der Waals surface area contributed by atoms with Gasteiger partial charge in [-0.15, -0.1) is 0 Å². The number of aryl methyl sites for hydroxylation is 1. The first-order valence-corrected chi connectivity index (χ1v) is 7.93. The van der Waals surface area contributed by atoms with E-state index >= 15 is 0 Å². The molecule has 5 heteroatoms. The van der Waals surface area contributed by atoms with Crippen LogP contribution < -0.4 is 10.3 Å². The molecule has 0 aliphatic rings. The molecule has 0 unspecified atom stereocenters. The second kappa shape index (κ2) is 7.42. The number of rotatable bonds is 5. The van der Waals surface area contributed by atoms with Gasteiger partial charge in [-0.25, -0.2) is 4.39 Å². The van der Waals surface area contributed by atoms with Gasteiger partial charge in [-0.05, 0) is 35.7 Å². The van der Waals surface area contributed by atoms with Crippen LogP contribution in [0.1, 0.15) is 29.8 Å². The lowest BCUT2D eigenvalue weighted by Crippen LogP contribution is -2.34. The van der Waals surface area contributed by atoms with Crippen LogP contribution in [-0.4, -0.2) is 11.2 Å². The van der Waals surface area contributed by atoms with Crippen LogP contribution in [-0.2, 0) is 0 Å². The Morgan fingerprint density at radius 1 is 1.14 bits per heavy atom. The molecule has 2 aromatic carbocycles. The topological polar surface area (TPSA) is 41.1 Å². The fourth-order valence-electron chi connectivity index (χ4n) is 1.99. The standard InChI is InChI=1S/C17H19FN2OS/c1-11(2)22-20-19-17(21)15-10-14(9-12(3)16(15)18)13-7-5-4-6-8-13/h4-11,20H,1-3H3,(H,19,21). The van der Waals surface area contributed by atoms with Gasteiger partial charge >= 0.3 is 0 Å². The molecule has 0 saturated heterocycles. The highest BCUT2D eigenvalue weighted by Gasteiger charge is 2.16. The number of hydrazine groups is 1. The molecule has 3 nitrogen and oxygen atoms in total. The fourth-order valence-corrected chi connectivity index (χ4v) is 2.38. The summed E-state index contributed by atoms with van der Waals surface area (Å²) < 4.78 is 14.2. The smallest absolute Gasteiger partial charge is 0.269 e. The maximum absolute atomic E-state index is 14.2. The Bertz CT molecular complexity index is 659. The maximum Gasteiger partial charge on any atom is 0.269 e. The van der Waals surface area contributed by atoms with Crippen LogP contribution in [0.3, 0.4) is 0 Å². The van der Waals surface area contributed by atoms with Gasteiger partial charge in [0.1, 0.15) is 5.82 Å². The lowest BCUT2D eigenvalue weighted by molar-refractivity contribution is 0.0943. The van der Waals surface area contributed by atoms with Crippen molar-refractivity contribution >= 4 is 17.9 Å². The van der Waals surface area contributed by atoms with Crippen LogP contribution >= 0.6 is 11.9 Å². The average Bonchev–Trinajstić information content (AvgIpc) is 2.50. The number of benzene rings is 2. The van der Waals surface area contributed by atoms with Crippen LogP contribution in [0, 0.1) is 12.7 Å². The van der Waals surface area contributed by atoms with Gasteiger partial charge in [-0.3, -0.25) is 10.2 Å². The number of amides is 1. The monoisotopic (exact) mass is 318 g/mol. The number of carbonyl (C=O) groups excluding carboxylic acids is 1. The van der Waals surface area contributed by atoms with Crippen LogP contribution in [0.15, 0.2) is 42.5 Å². The van der Waals surface area contributed by atoms with E-state index in [1.165, 1.54) is 11.9 Å². The molecule has 0 fully saturated rings. The summed E-state index contributed by atoms with van der Waals surface area (Å²) in [5.74, 6) is -0.972. The second-order valence-electron chi connectivity index (χ2n) is 5.24. The highest BCUT2D eigenvalue weighted by atomic mass is 32.2. The van der Waals surface area contributed by atoms with E-state index in [0.29, 0.717) is 10.8 Å². The minimum Gasteiger partial charge on any atom is -0.277 e. The Labute approximate surface area is 134 Å². The van der Waals surface area contributed by atoms with Crippen molar-refractivity contribution in [1.82, 2.24) is 10.3 Å². The van der Waals surface area contributed by atoms with Crippen molar-refractivity contribution in [2.45, 2.75) is 26.0 Å². The molecular formula is C17H19FN2OS. The number of nitrogens with one attached hydrogen (secondary N) is 2. The molecule has 22 heavy (non-hydrogen) atoms. The predicted molar refractivity (Wildman–Crippen MR) is 89.9 cm³/mol. The number of halogens is 1. The van der Waals surface area contributed by atoms with Gasteiger partial charge in [0.25, 0.3) is 5.91 Å². The SMILES string of the molecule is Cc1cc(-c2ccccc2)cc(C(=O)NNSC(C)C)c1F. The minimum absolute atomic E-state index is 0.0377. The first kappa shape index (κ1) is 16.5. The van der Waals surface area contributed by atoms with Crippen LogP contribution in [0.4, 0.5) is 4.39 Å². The van der Waals surface area contributed by atoms with Gasteiger partial charge in [-0.1, -0.05) is 56.1 Å². The zero-order valence-corrected chi connectivity index (χ0v) is 13.6. The number of hydrogen-bond donors (Lipinski definition) is 2. The lowest BCUT2D eigenvalue weighted by Gasteiger charge is -2.12. The van der Waals surface area contributed by atoms with Crippen molar-refractivity contribution < 1.29 is 9.18 Å². The molecule has 0 radical (unpaired) electrons. The minimum atomic E-state index is -0.492. The van der Waals surface area contributed by atoms with E-state index in [1.54, 1.807) is 19.1 Å². The summed E-state index contributed by atoms with van der Waals surface area (Å²) in [7, 11) is 0. The molecule has 116 valence electrons. The third-order valence-corrected chi connectivity index (χ3v) is 3.76. The largest absolute Gasteiger partial charge is 0.277 e. The third-order valence-electron chi connectivity index (χ3n) is 3.07. The molecule has 0 atom stereocenters. The summed E-state index contributed by atoms with van der Waals surface area (Å²) in [5, 5.41) is 0.308. The Hall–Kier alpha value is -1.85. The van der Waals surface area contributed by atoms with Crippen LogP contribution in [0.2, 0.25) is 0 Å². The highest BCUT2D eigenvalue weighted by Crippen LogP contribution is 2.24.